The summed E-state index contributed by atoms with van der Waals surface area (Å²) >= 11 is 0. The Morgan fingerprint density at radius 3 is 2.50 bits per heavy atom. The Morgan fingerprint density at radius 2 is 1.83 bits per heavy atom. The molecular formula is C19H17N3O2. The van der Waals surface area contributed by atoms with Gasteiger partial charge in [0.2, 0.25) is 0 Å². The van der Waals surface area contributed by atoms with E-state index in [-0.39, 0.29) is 5.78 Å². The number of rotatable bonds is 5. The zero-order valence-corrected chi connectivity index (χ0v) is 13.2. The summed E-state index contributed by atoms with van der Waals surface area (Å²) in [5.41, 5.74) is 9.37. The molecule has 0 saturated carbocycles. The summed E-state index contributed by atoms with van der Waals surface area (Å²) in [6, 6.07) is 16.3. The van der Waals surface area contributed by atoms with Gasteiger partial charge in [-0.1, -0.05) is 0 Å². The number of ketones is 1. The lowest BCUT2D eigenvalue weighted by molar-refractivity contribution is 0.104. The first kappa shape index (κ1) is 15.6. The number of carbonyl (C=O) groups excluding carboxylic acids is 1. The van der Waals surface area contributed by atoms with Crippen LogP contribution in [0.25, 0.3) is 17.3 Å². The van der Waals surface area contributed by atoms with Gasteiger partial charge in [0.25, 0.3) is 0 Å². The first-order valence-electron chi connectivity index (χ1n) is 7.43. The second-order valence-electron chi connectivity index (χ2n) is 5.26. The zero-order valence-electron chi connectivity index (χ0n) is 13.2. The van der Waals surface area contributed by atoms with E-state index in [0.717, 1.165) is 22.7 Å². The van der Waals surface area contributed by atoms with E-state index in [1.807, 2.05) is 30.3 Å². The van der Waals surface area contributed by atoms with Crippen molar-refractivity contribution in [3.63, 3.8) is 0 Å². The van der Waals surface area contributed by atoms with Crippen LogP contribution < -0.4 is 10.5 Å². The molecule has 3 N–H and O–H groups in total. The number of aromatic amines is 1. The van der Waals surface area contributed by atoms with Gasteiger partial charge in [-0.05, 0) is 66.7 Å². The molecule has 0 saturated heterocycles. The number of hydrogen-bond donors (Lipinski definition) is 2. The smallest absolute Gasteiger partial charge is 0.185 e. The standard InChI is InChI=1S/C19H17N3O2/c1-24-17-9-4-13(5-10-17)18-12-16(21-22-18)8-11-19(23)14-2-6-15(20)7-3-14/h2-12H,20H2,1H3,(H,21,22)/b11-8+. The highest BCUT2D eigenvalue weighted by Crippen LogP contribution is 2.21. The largest absolute Gasteiger partial charge is 0.497 e. The molecule has 0 bridgehead atoms. The first-order chi connectivity index (χ1) is 11.7. The molecule has 1 aromatic heterocycles. The Kier molecular flexibility index (Phi) is 4.43. The van der Waals surface area contributed by atoms with E-state index in [1.54, 1.807) is 37.5 Å². The summed E-state index contributed by atoms with van der Waals surface area (Å²) in [7, 11) is 1.63. The van der Waals surface area contributed by atoms with Gasteiger partial charge in [0, 0.05) is 16.8 Å². The maximum atomic E-state index is 12.1. The van der Waals surface area contributed by atoms with E-state index >= 15 is 0 Å². The molecule has 0 aliphatic heterocycles. The van der Waals surface area contributed by atoms with Crippen LogP contribution in [0.15, 0.2) is 60.7 Å². The molecule has 5 heteroatoms. The fraction of sp³-hybridized carbons (Fsp3) is 0.0526. The van der Waals surface area contributed by atoms with Gasteiger partial charge in [0.15, 0.2) is 5.78 Å². The third kappa shape index (κ3) is 3.52. The normalized spacial score (nSPS) is 10.9. The minimum atomic E-state index is -0.0874. The van der Waals surface area contributed by atoms with Crippen LogP contribution in [0.1, 0.15) is 16.1 Å². The van der Waals surface area contributed by atoms with Gasteiger partial charge in [-0.25, -0.2) is 0 Å². The van der Waals surface area contributed by atoms with Gasteiger partial charge < -0.3 is 10.5 Å². The second-order valence-corrected chi connectivity index (χ2v) is 5.26. The molecule has 0 radical (unpaired) electrons. The molecule has 2 aromatic carbocycles. The number of ether oxygens (including phenoxy) is 1. The van der Waals surface area contributed by atoms with Crippen LogP contribution in [0.5, 0.6) is 5.75 Å². The minimum absolute atomic E-state index is 0.0874. The van der Waals surface area contributed by atoms with Crippen LogP contribution in [0.2, 0.25) is 0 Å². The molecule has 0 spiro atoms. The number of benzene rings is 2. The minimum Gasteiger partial charge on any atom is -0.497 e. The first-order valence-corrected chi connectivity index (χ1v) is 7.43. The number of nitrogens with two attached hydrogens (primary N) is 1. The van der Waals surface area contributed by atoms with Gasteiger partial charge in [0.1, 0.15) is 5.75 Å². The molecule has 5 nitrogen and oxygen atoms in total. The number of nitrogens with zero attached hydrogens (tertiary/aromatic N) is 1. The fourth-order valence-electron chi connectivity index (χ4n) is 2.24. The fourth-order valence-corrected chi connectivity index (χ4v) is 2.24. The summed E-state index contributed by atoms with van der Waals surface area (Å²) < 4.78 is 5.14. The molecular weight excluding hydrogens is 302 g/mol. The molecule has 24 heavy (non-hydrogen) atoms. The van der Waals surface area contributed by atoms with Crippen molar-refractivity contribution < 1.29 is 9.53 Å². The molecule has 0 unspecified atom stereocenters. The number of allylic oxidation sites excluding steroid dienone is 1. The van der Waals surface area contributed by atoms with Crippen LogP contribution in [0.4, 0.5) is 5.69 Å². The van der Waals surface area contributed by atoms with Crippen LogP contribution in [-0.2, 0) is 0 Å². The van der Waals surface area contributed by atoms with E-state index in [2.05, 4.69) is 10.2 Å². The average Bonchev–Trinajstić information content (AvgIpc) is 3.09. The lowest BCUT2D eigenvalue weighted by Crippen LogP contribution is -1.94. The van der Waals surface area contributed by atoms with Gasteiger partial charge in [-0.3, -0.25) is 9.89 Å². The topological polar surface area (TPSA) is 81.0 Å². The summed E-state index contributed by atoms with van der Waals surface area (Å²) in [6.07, 6.45) is 3.22. The Labute approximate surface area is 139 Å². The van der Waals surface area contributed by atoms with E-state index in [9.17, 15) is 4.79 Å². The monoisotopic (exact) mass is 319 g/mol. The SMILES string of the molecule is COc1ccc(-c2cc(/C=C/C(=O)c3ccc(N)cc3)[nH]n2)cc1. The van der Waals surface area contributed by atoms with Crippen LogP contribution in [0.3, 0.4) is 0 Å². The maximum absolute atomic E-state index is 12.1. The molecule has 0 aliphatic rings. The molecule has 3 aromatic rings. The van der Waals surface area contributed by atoms with E-state index < -0.39 is 0 Å². The maximum Gasteiger partial charge on any atom is 0.185 e. The van der Waals surface area contributed by atoms with Gasteiger partial charge in [-0.2, -0.15) is 5.10 Å². The number of hydrogen-bond acceptors (Lipinski definition) is 4. The highest BCUT2D eigenvalue weighted by atomic mass is 16.5. The van der Waals surface area contributed by atoms with E-state index in [0.29, 0.717) is 11.3 Å². The Balaban J connectivity index is 1.73. The van der Waals surface area contributed by atoms with Crippen LogP contribution in [0, 0.1) is 0 Å². The van der Waals surface area contributed by atoms with Gasteiger partial charge >= 0.3 is 0 Å². The quantitative estimate of drug-likeness (QED) is 0.428. The number of methoxy groups -OCH3 is 1. The second kappa shape index (κ2) is 6.83. The van der Waals surface area contributed by atoms with Crippen molar-refractivity contribution in [2.75, 3.05) is 12.8 Å². The molecule has 120 valence electrons. The van der Waals surface area contributed by atoms with Crippen molar-refractivity contribution in [3.8, 4) is 17.0 Å². The summed E-state index contributed by atoms with van der Waals surface area (Å²) in [5, 5.41) is 7.17. The molecule has 0 amide bonds. The summed E-state index contributed by atoms with van der Waals surface area (Å²) in [6.45, 7) is 0. The number of nitrogens with one attached hydrogen (secondary N) is 1. The molecule has 0 fully saturated rings. The third-order valence-corrected chi connectivity index (χ3v) is 3.59. The number of aromatic nitrogens is 2. The number of H-pyrrole nitrogens is 1. The van der Waals surface area contributed by atoms with Gasteiger partial charge in [-0.15, -0.1) is 0 Å². The number of anilines is 1. The Hall–Kier alpha value is -3.34. The molecule has 0 atom stereocenters. The van der Waals surface area contributed by atoms with Crippen molar-refractivity contribution in [3.05, 3.63) is 71.9 Å². The van der Waals surface area contributed by atoms with Crippen molar-refractivity contribution in [2.45, 2.75) is 0 Å². The van der Waals surface area contributed by atoms with Gasteiger partial charge in [0.05, 0.1) is 18.5 Å². The van der Waals surface area contributed by atoms with E-state index in [1.165, 1.54) is 6.08 Å². The van der Waals surface area contributed by atoms with Crippen molar-refractivity contribution in [2.24, 2.45) is 0 Å². The average molecular weight is 319 g/mol. The van der Waals surface area contributed by atoms with Crippen LogP contribution >= 0.6 is 0 Å². The predicted octanol–water partition coefficient (Wildman–Crippen LogP) is 3.56. The number of carbonyl (C=O) groups is 1. The Morgan fingerprint density at radius 1 is 1.12 bits per heavy atom. The number of nitrogen functional groups attached to an aromatic ring is 1. The highest BCUT2D eigenvalue weighted by Gasteiger charge is 2.04. The molecule has 3 rings (SSSR count). The molecule has 0 aliphatic carbocycles. The lowest BCUT2D eigenvalue weighted by atomic mass is 10.1. The third-order valence-electron chi connectivity index (χ3n) is 3.59. The lowest BCUT2D eigenvalue weighted by Gasteiger charge is -1.99. The summed E-state index contributed by atoms with van der Waals surface area (Å²) in [4.78, 5) is 12.1. The Bertz CT molecular complexity index is 862. The molecule has 1 heterocycles. The van der Waals surface area contributed by atoms with Crippen molar-refractivity contribution in [1.82, 2.24) is 10.2 Å². The highest BCUT2D eigenvalue weighted by molar-refractivity contribution is 6.06. The summed E-state index contributed by atoms with van der Waals surface area (Å²) in [5.74, 6) is 0.707. The zero-order chi connectivity index (χ0) is 16.9. The van der Waals surface area contributed by atoms with Crippen LogP contribution in [-0.4, -0.2) is 23.1 Å². The predicted molar refractivity (Wildman–Crippen MR) is 94.8 cm³/mol. The van der Waals surface area contributed by atoms with Crippen molar-refractivity contribution >= 4 is 17.5 Å². The van der Waals surface area contributed by atoms with Crippen molar-refractivity contribution in [1.29, 1.82) is 0 Å². The van der Waals surface area contributed by atoms with E-state index in [4.69, 9.17) is 10.5 Å².